The molecule has 3 rings (SSSR count). The lowest BCUT2D eigenvalue weighted by Gasteiger charge is -2.21. The van der Waals surface area contributed by atoms with Gasteiger partial charge in [0.1, 0.15) is 11.8 Å². The molecule has 12 nitrogen and oxygen atoms in total. The number of rotatable bonds is 12. The monoisotopic (exact) mass is 603 g/mol. The van der Waals surface area contributed by atoms with Crippen LogP contribution >= 0.6 is 31.3 Å². The van der Waals surface area contributed by atoms with Crippen molar-refractivity contribution in [1.29, 1.82) is 0 Å². The molecule has 2 atom stereocenters. The van der Waals surface area contributed by atoms with Crippen molar-refractivity contribution in [2.45, 2.75) is 60.1 Å². The molecule has 3 heterocycles. The number of anilines is 1. The highest BCUT2D eigenvalue weighted by Gasteiger charge is 2.34. The normalized spacial score (nSPS) is 18.6. The number of thioether (sulfide) groups is 2. The number of carbonyl (C=O) groups excluding carboxylic acids is 2. The highest BCUT2D eigenvalue weighted by molar-refractivity contribution is 8.14. The third kappa shape index (κ3) is 9.24. The van der Waals surface area contributed by atoms with Crippen molar-refractivity contribution in [2.24, 2.45) is 10.8 Å². The molecule has 1 saturated heterocycles. The van der Waals surface area contributed by atoms with E-state index in [1.165, 1.54) is 6.33 Å². The summed E-state index contributed by atoms with van der Waals surface area (Å²) in [6, 6.07) is -0.0706. The zero-order valence-electron chi connectivity index (χ0n) is 23.2. The first-order chi connectivity index (χ1) is 18.2. The molecule has 1 aliphatic rings. The number of imidazole rings is 1. The number of nitrogens with zero attached hydrogens (tertiary/aromatic N) is 4. The highest BCUT2D eigenvalue weighted by Crippen LogP contribution is 2.50. The summed E-state index contributed by atoms with van der Waals surface area (Å²) in [6.07, 6.45) is 3.22. The Balaban J connectivity index is 1.55. The van der Waals surface area contributed by atoms with Gasteiger partial charge in [-0.15, -0.1) is 0 Å². The molecule has 0 saturated carbocycles. The van der Waals surface area contributed by atoms with Gasteiger partial charge in [-0.05, 0) is 6.42 Å². The Morgan fingerprint density at radius 3 is 2.18 bits per heavy atom. The Morgan fingerprint density at radius 1 is 1.03 bits per heavy atom. The van der Waals surface area contributed by atoms with Gasteiger partial charge < -0.3 is 15.0 Å². The average molecular weight is 604 g/mol. The first kappa shape index (κ1) is 32.0. The van der Waals surface area contributed by atoms with Crippen LogP contribution in [0.1, 0.15) is 54.0 Å². The van der Waals surface area contributed by atoms with E-state index in [0.29, 0.717) is 41.5 Å². The van der Waals surface area contributed by atoms with Gasteiger partial charge >= 0.3 is 7.82 Å². The molecular formula is C24H38N5O7PS2. The third-order valence-corrected chi connectivity index (χ3v) is 9.57. The Hall–Kier alpha value is -1.54. The predicted octanol–water partition coefficient (Wildman–Crippen LogP) is 4.51. The summed E-state index contributed by atoms with van der Waals surface area (Å²) in [7, 11) is -3.98. The number of aromatic nitrogens is 4. The fourth-order valence-electron chi connectivity index (χ4n) is 3.42. The summed E-state index contributed by atoms with van der Waals surface area (Å²) in [4.78, 5) is 36.9. The number of nitrogen functional groups attached to an aromatic ring is 1. The molecule has 218 valence electrons. The van der Waals surface area contributed by atoms with Crippen LogP contribution < -0.4 is 5.73 Å². The summed E-state index contributed by atoms with van der Waals surface area (Å²) >= 11 is 2.21. The molecule has 0 aliphatic carbocycles. The molecule has 0 unspecified atom stereocenters. The fraction of sp³-hybridized carbons (Fsp3) is 0.708. The Labute approximate surface area is 237 Å². The summed E-state index contributed by atoms with van der Waals surface area (Å²) in [5.74, 6) is 0.896. The van der Waals surface area contributed by atoms with Crippen LogP contribution in [0.25, 0.3) is 11.2 Å². The molecule has 2 aromatic heterocycles. The Bertz CT molecular complexity index is 1160. The van der Waals surface area contributed by atoms with E-state index >= 15 is 0 Å². The van der Waals surface area contributed by atoms with Gasteiger partial charge in [-0.1, -0.05) is 65.1 Å². The maximum atomic E-state index is 13.4. The van der Waals surface area contributed by atoms with Crippen LogP contribution in [0.15, 0.2) is 12.7 Å². The van der Waals surface area contributed by atoms with Gasteiger partial charge in [0.25, 0.3) is 0 Å². The standard InChI is InChI=1S/C24H38N5O7PS2/c1-23(2,3)21(30)38-9-7-34-37(32,35-8-10-39-22(31)24(4,5)6)36-13-17-11-16(12-33-17)29-15-28-18-19(25)26-14-27-20(18)29/h14-17H,7-13H2,1-6H3,(H2,25,26,27)/t16-,17-/m1/s1. The molecule has 1 fully saturated rings. The first-order valence-corrected chi connectivity index (χ1v) is 16.1. The summed E-state index contributed by atoms with van der Waals surface area (Å²) in [6.45, 7) is 11.3. The summed E-state index contributed by atoms with van der Waals surface area (Å²) in [5.41, 5.74) is 6.04. The van der Waals surface area contributed by atoms with Gasteiger partial charge in [-0.2, -0.15) is 0 Å². The van der Waals surface area contributed by atoms with E-state index in [-0.39, 0.29) is 42.2 Å². The SMILES string of the molecule is CC(C)(C)C(=O)SCCOP(=O)(OCCSC(=O)C(C)(C)C)OC[C@H]1C[C@@H](n2cnc3c(N)ncnc32)CO1. The Kier molecular flexibility index (Phi) is 11.0. The van der Waals surface area contributed by atoms with Gasteiger partial charge in [0.05, 0.1) is 44.9 Å². The molecule has 0 bridgehead atoms. The lowest BCUT2D eigenvalue weighted by atomic mass is 9.99. The average Bonchev–Trinajstić information content (AvgIpc) is 3.49. The highest BCUT2D eigenvalue weighted by atomic mass is 32.2. The van der Waals surface area contributed by atoms with Crippen molar-refractivity contribution in [3.63, 3.8) is 0 Å². The zero-order valence-corrected chi connectivity index (χ0v) is 25.8. The predicted molar refractivity (Wildman–Crippen MR) is 152 cm³/mol. The molecule has 15 heteroatoms. The van der Waals surface area contributed by atoms with Gasteiger partial charge in [0.2, 0.25) is 0 Å². The second kappa shape index (κ2) is 13.4. The van der Waals surface area contributed by atoms with E-state index in [4.69, 9.17) is 24.0 Å². The van der Waals surface area contributed by atoms with Gasteiger partial charge in [-0.3, -0.25) is 23.2 Å². The molecule has 0 spiro atoms. The summed E-state index contributed by atoms with van der Waals surface area (Å²) < 4.78 is 37.9. The molecule has 0 radical (unpaired) electrons. The van der Waals surface area contributed by atoms with Crippen molar-refractivity contribution in [2.75, 3.05) is 43.7 Å². The van der Waals surface area contributed by atoms with Crippen molar-refractivity contribution in [1.82, 2.24) is 19.5 Å². The minimum atomic E-state index is -3.98. The van der Waals surface area contributed by atoms with Crippen LogP contribution in [0.5, 0.6) is 0 Å². The summed E-state index contributed by atoms with van der Waals surface area (Å²) in [5, 5.41) is 0.00799. The molecule has 0 amide bonds. The minimum Gasteiger partial charge on any atom is -0.382 e. The number of phosphoric ester groups is 1. The van der Waals surface area contributed by atoms with E-state index in [9.17, 15) is 14.2 Å². The van der Waals surface area contributed by atoms with Gasteiger partial charge in [0, 0.05) is 22.3 Å². The van der Waals surface area contributed by atoms with Crippen LogP contribution in [-0.2, 0) is 32.5 Å². The van der Waals surface area contributed by atoms with E-state index in [1.807, 2.05) is 46.1 Å². The quantitative estimate of drug-likeness (QED) is 0.267. The first-order valence-electron chi connectivity index (χ1n) is 12.6. The zero-order chi connectivity index (χ0) is 28.8. The van der Waals surface area contributed by atoms with Crippen molar-refractivity contribution in [3.8, 4) is 0 Å². The number of fused-ring (bicyclic) bond motifs is 1. The second-order valence-corrected chi connectivity index (χ2v) is 14.9. The van der Waals surface area contributed by atoms with Crippen LogP contribution in [0.4, 0.5) is 5.82 Å². The van der Waals surface area contributed by atoms with Crippen molar-refractivity contribution < 1.29 is 32.5 Å². The van der Waals surface area contributed by atoms with Crippen molar-refractivity contribution in [3.05, 3.63) is 12.7 Å². The third-order valence-electron chi connectivity index (χ3n) is 5.61. The van der Waals surface area contributed by atoms with Crippen LogP contribution in [0.3, 0.4) is 0 Å². The lowest BCUT2D eigenvalue weighted by Crippen LogP contribution is -2.19. The van der Waals surface area contributed by atoms with Crippen LogP contribution in [0, 0.1) is 10.8 Å². The van der Waals surface area contributed by atoms with Crippen LogP contribution in [0.2, 0.25) is 0 Å². The van der Waals surface area contributed by atoms with E-state index in [0.717, 1.165) is 23.5 Å². The number of carbonyl (C=O) groups is 2. The van der Waals surface area contributed by atoms with Gasteiger partial charge in [-0.25, -0.2) is 19.5 Å². The van der Waals surface area contributed by atoms with Gasteiger partial charge in [0.15, 0.2) is 21.7 Å². The number of nitrogens with two attached hydrogens (primary N) is 1. The smallest absolute Gasteiger partial charge is 0.382 e. The Morgan fingerprint density at radius 2 is 1.62 bits per heavy atom. The van der Waals surface area contributed by atoms with Crippen LogP contribution in [-0.4, -0.2) is 73.8 Å². The van der Waals surface area contributed by atoms with E-state index < -0.39 is 18.7 Å². The largest absolute Gasteiger partial charge is 0.474 e. The lowest BCUT2D eigenvalue weighted by molar-refractivity contribution is -0.118. The maximum absolute atomic E-state index is 13.4. The molecule has 39 heavy (non-hydrogen) atoms. The van der Waals surface area contributed by atoms with E-state index in [2.05, 4.69) is 15.0 Å². The molecule has 2 aromatic rings. The van der Waals surface area contributed by atoms with E-state index in [1.54, 1.807) is 6.33 Å². The topological polar surface area (TPSA) is 158 Å². The maximum Gasteiger partial charge on any atom is 0.474 e. The molecule has 0 aromatic carbocycles. The van der Waals surface area contributed by atoms with Crippen molar-refractivity contribution >= 4 is 58.6 Å². The molecule has 2 N–H and O–H groups in total. The molecule has 1 aliphatic heterocycles. The second-order valence-electron chi connectivity index (χ2n) is 11.1. The fourth-order valence-corrected chi connectivity index (χ4v) is 6.44. The minimum absolute atomic E-state index is 0.00399. The number of phosphoric acid groups is 1. The number of ether oxygens (including phenoxy) is 1. The number of hydrogen-bond acceptors (Lipinski definition) is 13. The number of hydrogen-bond donors (Lipinski definition) is 1. The molecular weight excluding hydrogens is 565 g/mol.